The molecule has 1 aliphatic heterocycles. The van der Waals surface area contributed by atoms with Crippen LogP contribution in [0, 0.1) is 6.92 Å². The molecule has 3 aromatic heterocycles. The van der Waals surface area contributed by atoms with E-state index in [0.29, 0.717) is 37.4 Å². The van der Waals surface area contributed by atoms with E-state index in [1.807, 2.05) is 55.6 Å². The highest BCUT2D eigenvalue weighted by Crippen LogP contribution is 2.30. The Labute approximate surface area is 180 Å². The van der Waals surface area contributed by atoms with Crippen molar-refractivity contribution >= 4 is 17.2 Å². The Kier molecular flexibility index (Phi) is 6.20. The van der Waals surface area contributed by atoms with Gasteiger partial charge in [-0.05, 0) is 42.8 Å². The number of amides is 1. The molecule has 3 aromatic rings. The number of hydrogen-bond acceptors (Lipinski definition) is 5. The Morgan fingerprint density at radius 2 is 2.00 bits per heavy atom. The van der Waals surface area contributed by atoms with Crippen LogP contribution in [-0.2, 0) is 6.54 Å². The Balaban J connectivity index is 1.29. The van der Waals surface area contributed by atoms with E-state index in [1.165, 1.54) is 11.3 Å². The van der Waals surface area contributed by atoms with Gasteiger partial charge in [-0.2, -0.15) is 0 Å². The number of carbonyl (C=O) groups is 1. The first-order valence-corrected chi connectivity index (χ1v) is 11.0. The average molecular weight is 425 g/mol. The molecule has 0 bridgehead atoms. The molecule has 5 nitrogen and oxygen atoms in total. The molecular formula is C23H25FN4OS. The highest BCUT2D eigenvalue weighted by atomic mass is 32.1. The predicted molar refractivity (Wildman–Crippen MR) is 117 cm³/mol. The van der Waals surface area contributed by atoms with E-state index in [-0.39, 0.29) is 12.5 Å². The number of likely N-dealkylation sites (tertiary alicyclic amines) is 1. The van der Waals surface area contributed by atoms with Crippen LogP contribution in [0.4, 0.5) is 4.39 Å². The quantitative estimate of drug-likeness (QED) is 0.643. The molecule has 0 unspecified atom stereocenters. The highest BCUT2D eigenvalue weighted by Gasteiger charge is 2.36. The second-order valence-electron chi connectivity index (χ2n) is 7.75. The second kappa shape index (κ2) is 9.02. The second-order valence-corrected chi connectivity index (χ2v) is 8.84. The van der Waals surface area contributed by atoms with Gasteiger partial charge in [-0.3, -0.25) is 14.8 Å². The molecule has 1 aliphatic rings. The zero-order valence-electron chi connectivity index (χ0n) is 17.0. The van der Waals surface area contributed by atoms with Gasteiger partial charge in [0.25, 0.3) is 5.91 Å². The lowest BCUT2D eigenvalue weighted by atomic mass is 9.93. The zero-order chi connectivity index (χ0) is 21.0. The monoisotopic (exact) mass is 424 g/mol. The molecule has 1 fully saturated rings. The van der Waals surface area contributed by atoms with Crippen LogP contribution in [0.1, 0.15) is 33.8 Å². The van der Waals surface area contributed by atoms with Gasteiger partial charge in [-0.25, -0.2) is 4.39 Å². The van der Waals surface area contributed by atoms with Gasteiger partial charge < -0.3 is 10.2 Å². The van der Waals surface area contributed by atoms with Crippen molar-refractivity contribution in [2.24, 2.45) is 0 Å². The minimum atomic E-state index is -1.30. The Morgan fingerprint density at radius 1 is 1.17 bits per heavy atom. The maximum Gasteiger partial charge on any atom is 0.263 e. The van der Waals surface area contributed by atoms with Gasteiger partial charge in [0, 0.05) is 51.4 Å². The van der Waals surface area contributed by atoms with E-state index in [9.17, 15) is 4.79 Å². The lowest BCUT2D eigenvalue weighted by molar-refractivity contribution is 0.0438. The van der Waals surface area contributed by atoms with E-state index >= 15 is 4.39 Å². The van der Waals surface area contributed by atoms with E-state index in [0.717, 1.165) is 21.8 Å². The first-order valence-electron chi connectivity index (χ1n) is 10.1. The molecule has 0 aromatic carbocycles. The number of thiophene rings is 1. The number of pyridine rings is 2. The standard InChI is InChI=1S/C23H25FN4OS/c1-17-5-6-18(27-14-17)15-25-16-23(24)9-12-28(13-10-23)22(29)21-8-7-20(30-21)19-4-2-3-11-26-19/h2-8,11,14,25H,9-10,12-13,15-16H2,1H3. The van der Waals surface area contributed by atoms with Gasteiger partial charge >= 0.3 is 0 Å². The van der Waals surface area contributed by atoms with Gasteiger partial charge in [0.05, 0.1) is 21.1 Å². The minimum Gasteiger partial charge on any atom is -0.338 e. The van der Waals surface area contributed by atoms with E-state index < -0.39 is 5.67 Å². The zero-order valence-corrected chi connectivity index (χ0v) is 17.8. The SMILES string of the molecule is Cc1ccc(CNCC2(F)CCN(C(=O)c3ccc(-c4ccccn4)s3)CC2)nc1. The fourth-order valence-electron chi connectivity index (χ4n) is 3.56. The predicted octanol–water partition coefficient (Wildman–Crippen LogP) is 4.25. The first-order chi connectivity index (χ1) is 14.5. The van der Waals surface area contributed by atoms with Crippen LogP contribution in [0.15, 0.2) is 54.9 Å². The summed E-state index contributed by atoms with van der Waals surface area (Å²) in [6.45, 7) is 3.66. The molecule has 1 N–H and O–H groups in total. The van der Waals surface area contributed by atoms with E-state index in [4.69, 9.17) is 0 Å². The summed E-state index contributed by atoms with van der Waals surface area (Å²) in [5, 5.41) is 3.18. The fourth-order valence-corrected chi connectivity index (χ4v) is 4.51. The fraction of sp³-hybridized carbons (Fsp3) is 0.348. The van der Waals surface area contributed by atoms with Gasteiger partial charge in [0.15, 0.2) is 0 Å². The molecule has 0 saturated carbocycles. The van der Waals surface area contributed by atoms with Crippen molar-refractivity contribution in [3.8, 4) is 10.6 Å². The third-order valence-corrected chi connectivity index (χ3v) is 6.50. The van der Waals surface area contributed by atoms with Crippen molar-refractivity contribution in [3.05, 3.63) is 71.0 Å². The summed E-state index contributed by atoms with van der Waals surface area (Å²) < 4.78 is 15.2. The van der Waals surface area contributed by atoms with Crippen LogP contribution >= 0.6 is 11.3 Å². The normalized spacial score (nSPS) is 15.9. The maximum atomic E-state index is 15.2. The van der Waals surface area contributed by atoms with Crippen molar-refractivity contribution in [1.82, 2.24) is 20.2 Å². The molecule has 7 heteroatoms. The smallest absolute Gasteiger partial charge is 0.263 e. The number of halogens is 1. The van der Waals surface area contributed by atoms with Crippen LogP contribution in [0.2, 0.25) is 0 Å². The minimum absolute atomic E-state index is 0.0268. The van der Waals surface area contributed by atoms with Crippen molar-refractivity contribution in [1.29, 1.82) is 0 Å². The van der Waals surface area contributed by atoms with Crippen LogP contribution in [0.3, 0.4) is 0 Å². The summed E-state index contributed by atoms with van der Waals surface area (Å²) in [5.74, 6) is -0.0268. The number of aryl methyl sites for hydroxylation is 1. The third kappa shape index (κ3) is 4.91. The molecule has 0 spiro atoms. The van der Waals surface area contributed by atoms with Crippen LogP contribution < -0.4 is 5.32 Å². The Bertz CT molecular complexity index is 982. The summed E-state index contributed by atoms with van der Waals surface area (Å²) in [5.41, 5.74) is 1.57. The lowest BCUT2D eigenvalue weighted by Gasteiger charge is -2.36. The molecule has 1 amide bonds. The average Bonchev–Trinajstić information content (AvgIpc) is 3.26. The molecule has 30 heavy (non-hydrogen) atoms. The maximum absolute atomic E-state index is 15.2. The molecule has 4 heterocycles. The molecule has 0 aliphatic carbocycles. The Hall–Kier alpha value is -2.64. The van der Waals surface area contributed by atoms with Crippen LogP contribution in [0.25, 0.3) is 10.6 Å². The van der Waals surface area contributed by atoms with Crippen molar-refractivity contribution in [2.45, 2.75) is 32.0 Å². The molecule has 0 atom stereocenters. The summed E-state index contributed by atoms with van der Waals surface area (Å²) in [6.07, 6.45) is 4.23. The number of alkyl halides is 1. The number of rotatable bonds is 6. The number of nitrogens with one attached hydrogen (secondary N) is 1. The summed E-state index contributed by atoms with van der Waals surface area (Å²) in [7, 11) is 0. The van der Waals surface area contributed by atoms with Crippen LogP contribution in [-0.4, -0.2) is 46.1 Å². The van der Waals surface area contributed by atoms with E-state index in [1.54, 1.807) is 11.1 Å². The number of nitrogens with zero attached hydrogens (tertiary/aromatic N) is 3. The van der Waals surface area contributed by atoms with Crippen LogP contribution in [0.5, 0.6) is 0 Å². The van der Waals surface area contributed by atoms with Gasteiger partial charge in [0.1, 0.15) is 5.67 Å². The molecule has 0 radical (unpaired) electrons. The van der Waals surface area contributed by atoms with E-state index in [2.05, 4.69) is 15.3 Å². The van der Waals surface area contributed by atoms with Crippen molar-refractivity contribution in [3.63, 3.8) is 0 Å². The van der Waals surface area contributed by atoms with Crippen molar-refractivity contribution in [2.75, 3.05) is 19.6 Å². The third-order valence-electron chi connectivity index (χ3n) is 5.40. The topological polar surface area (TPSA) is 58.1 Å². The molecule has 4 rings (SSSR count). The van der Waals surface area contributed by atoms with Gasteiger partial charge in [0.2, 0.25) is 0 Å². The lowest BCUT2D eigenvalue weighted by Crippen LogP contribution is -2.48. The van der Waals surface area contributed by atoms with Crippen molar-refractivity contribution < 1.29 is 9.18 Å². The Morgan fingerprint density at radius 3 is 2.70 bits per heavy atom. The van der Waals surface area contributed by atoms with Gasteiger partial charge in [-0.1, -0.05) is 12.1 Å². The molecule has 156 valence electrons. The highest BCUT2D eigenvalue weighted by molar-refractivity contribution is 7.17. The number of piperidine rings is 1. The largest absolute Gasteiger partial charge is 0.338 e. The van der Waals surface area contributed by atoms with Gasteiger partial charge in [-0.15, -0.1) is 11.3 Å². The summed E-state index contributed by atoms with van der Waals surface area (Å²) >= 11 is 1.43. The summed E-state index contributed by atoms with van der Waals surface area (Å²) in [4.78, 5) is 24.9. The first kappa shape index (κ1) is 20.6. The molecule has 1 saturated heterocycles. The number of aromatic nitrogens is 2. The summed E-state index contributed by atoms with van der Waals surface area (Å²) in [6, 6.07) is 13.4. The molecular weight excluding hydrogens is 399 g/mol. The number of hydrogen-bond donors (Lipinski definition) is 1. The number of carbonyl (C=O) groups excluding carboxylic acids is 1.